The van der Waals surface area contributed by atoms with Gasteiger partial charge in [0.2, 0.25) is 5.95 Å². The van der Waals surface area contributed by atoms with E-state index < -0.39 is 0 Å². The number of amidine groups is 1. The van der Waals surface area contributed by atoms with Crippen LogP contribution in [-0.2, 0) is 6.54 Å². The van der Waals surface area contributed by atoms with Gasteiger partial charge in [0.1, 0.15) is 11.5 Å². The standard InChI is InChI=1S/C14H16FN5O/c1-9-7-12(13(16)19-21)18-14(17-9)20(2)8-10-5-3-4-6-11(10)15/h3-7,21H,8H2,1-2H3,(H2,16,19). The first-order valence-electron chi connectivity index (χ1n) is 6.29. The molecule has 0 fully saturated rings. The molecular formula is C14H16FN5O. The summed E-state index contributed by atoms with van der Waals surface area (Å²) in [6.45, 7) is 2.09. The molecule has 0 radical (unpaired) electrons. The predicted molar refractivity (Wildman–Crippen MR) is 77.8 cm³/mol. The van der Waals surface area contributed by atoms with E-state index in [-0.39, 0.29) is 11.7 Å². The molecule has 0 unspecified atom stereocenters. The zero-order valence-electron chi connectivity index (χ0n) is 11.8. The van der Waals surface area contributed by atoms with Gasteiger partial charge in [-0.1, -0.05) is 23.4 Å². The van der Waals surface area contributed by atoms with Gasteiger partial charge in [0.25, 0.3) is 0 Å². The van der Waals surface area contributed by atoms with E-state index in [1.165, 1.54) is 6.07 Å². The molecule has 0 saturated heterocycles. The monoisotopic (exact) mass is 289 g/mol. The third kappa shape index (κ3) is 3.44. The first-order valence-corrected chi connectivity index (χ1v) is 6.29. The SMILES string of the molecule is Cc1cc(/C(N)=N/O)nc(N(C)Cc2ccccc2F)n1. The number of hydrogen-bond acceptors (Lipinski definition) is 5. The van der Waals surface area contributed by atoms with Gasteiger partial charge in [-0.05, 0) is 19.1 Å². The van der Waals surface area contributed by atoms with Crippen LogP contribution in [0.25, 0.3) is 0 Å². The number of aromatic nitrogens is 2. The lowest BCUT2D eigenvalue weighted by Crippen LogP contribution is -2.23. The van der Waals surface area contributed by atoms with Crippen LogP contribution in [0.3, 0.4) is 0 Å². The van der Waals surface area contributed by atoms with Gasteiger partial charge < -0.3 is 15.8 Å². The van der Waals surface area contributed by atoms with E-state index in [0.717, 1.165) is 0 Å². The molecule has 1 aromatic heterocycles. The number of rotatable bonds is 4. The third-order valence-electron chi connectivity index (χ3n) is 2.92. The zero-order chi connectivity index (χ0) is 15.4. The fourth-order valence-electron chi connectivity index (χ4n) is 1.86. The molecule has 0 amide bonds. The van der Waals surface area contributed by atoms with Crippen LogP contribution in [0.2, 0.25) is 0 Å². The molecule has 0 aliphatic heterocycles. The van der Waals surface area contributed by atoms with Crippen LogP contribution in [-0.4, -0.2) is 28.1 Å². The Morgan fingerprint density at radius 1 is 1.38 bits per heavy atom. The second-order valence-electron chi connectivity index (χ2n) is 4.63. The highest BCUT2D eigenvalue weighted by Gasteiger charge is 2.12. The fourth-order valence-corrected chi connectivity index (χ4v) is 1.86. The van der Waals surface area contributed by atoms with Crippen molar-refractivity contribution in [2.75, 3.05) is 11.9 Å². The van der Waals surface area contributed by atoms with E-state index in [1.807, 2.05) is 0 Å². The molecule has 0 aliphatic carbocycles. The summed E-state index contributed by atoms with van der Waals surface area (Å²) in [7, 11) is 1.75. The molecule has 0 saturated carbocycles. The summed E-state index contributed by atoms with van der Waals surface area (Å²) >= 11 is 0. The molecule has 3 N–H and O–H groups in total. The Labute approximate surface area is 121 Å². The van der Waals surface area contributed by atoms with Gasteiger partial charge in [-0.15, -0.1) is 0 Å². The molecule has 0 bridgehead atoms. The van der Waals surface area contributed by atoms with E-state index in [2.05, 4.69) is 15.1 Å². The number of halogens is 1. The topological polar surface area (TPSA) is 87.6 Å². The van der Waals surface area contributed by atoms with Gasteiger partial charge in [0.15, 0.2) is 5.84 Å². The van der Waals surface area contributed by atoms with Crippen molar-refractivity contribution in [2.24, 2.45) is 10.9 Å². The molecule has 1 aromatic carbocycles. The summed E-state index contributed by atoms with van der Waals surface area (Å²) in [5.41, 5.74) is 7.07. The molecule has 7 heteroatoms. The quantitative estimate of drug-likeness (QED) is 0.387. The maximum Gasteiger partial charge on any atom is 0.226 e. The van der Waals surface area contributed by atoms with E-state index in [1.54, 1.807) is 43.1 Å². The molecule has 2 rings (SSSR count). The molecule has 6 nitrogen and oxygen atoms in total. The normalized spacial score (nSPS) is 11.5. The maximum atomic E-state index is 13.7. The van der Waals surface area contributed by atoms with Crippen LogP contribution in [0.15, 0.2) is 35.5 Å². The molecule has 0 spiro atoms. The minimum atomic E-state index is -0.284. The summed E-state index contributed by atoms with van der Waals surface area (Å²) in [6.07, 6.45) is 0. The summed E-state index contributed by atoms with van der Waals surface area (Å²) in [5.74, 6) is -0.00504. The molecule has 0 atom stereocenters. The lowest BCUT2D eigenvalue weighted by atomic mass is 10.2. The number of nitrogens with zero attached hydrogens (tertiary/aromatic N) is 4. The summed E-state index contributed by atoms with van der Waals surface area (Å²) in [6, 6.07) is 8.12. The van der Waals surface area contributed by atoms with Crippen molar-refractivity contribution in [3.05, 3.63) is 53.1 Å². The molecule has 110 valence electrons. The fraction of sp³-hybridized carbons (Fsp3) is 0.214. The van der Waals surface area contributed by atoms with Gasteiger partial charge >= 0.3 is 0 Å². The van der Waals surface area contributed by atoms with Crippen LogP contribution in [0, 0.1) is 12.7 Å². The van der Waals surface area contributed by atoms with Crippen LogP contribution < -0.4 is 10.6 Å². The lowest BCUT2D eigenvalue weighted by molar-refractivity contribution is 0.318. The first kappa shape index (κ1) is 14.7. The zero-order valence-corrected chi connectivity index (χ0v) is 11.8. The summed E-state index contributed by atoms with van der Waals surface area (Å²) < 4.78 is 13.7. The Morgan fingerprint density at radius 3 is 2.76 bits per heavy atom. The summed E-state index contributed by atoms with van der Waals surface area (Å²) in [5, 5.41) is 11.6. The Hall–Kier alpha value is -2.70. The van der Waals surface area contributed by atoms with Crippen LogP contribution in [0.4, 0.5) is 10.3 Å². The highest BCUT2D eigenvalue weighted by molar-refractivity contribution is 5.95. The lowest BCUT2D eigenvalue weighted by Gasteiger charge is -2.18. The van der Waals surface area contributed by atoms with Crippen molar-refractivity contribution in [2.45, 2.75) is 13.5 Å². The number of aryl methyl sites for hydroxylation is 1. The second kappa shape index (κ2) is 6.17. The van der Waals surface area contributed by atoms with Crippen molar-refractivity contribution >= 4 is 11.8 Å². The van der Waals surface area contributed by atoms with Gasteiger partial charge in [-0.25, -0.2) is 14.4 Å². The minimum absolute atomic E-state index is 0.0963. The van der Waals surface area contributed by atoms with Gasteiger partial charge in [-0.3, -0.25) is 0 Å². The maximum absolute atomic E-state index is 13.7. The molecule has 21 heavy (non-hydrogen) atoms. The highest BCUT2D eigenvalue weighted by Crippen LogP contribution is 2.14. The largest absolute Gasteiger partial charge is 0.409 e. The molecule has 0 aliphatic rings. The smallest absolute Gasteiger partial charge is 0.226 e. The minimum Gasteiger partial charge on any atom is -0.409 e. The second-order valence-corrected chi connectivity index (χ2v) is 4.63. The number of oxime groups is 1. The van der Waals surface area contributed by atoms with Gasteiger partial charge in [-0.2, -0.15) is 0 Å². The van der Waals surface area contributed by atoms with Crippen LogP contribution >= 0.6 is 0 Å². The van der Waals surface area contributed by atoms with Crippen molar-refractivity contribution in [3.8, 4) is 0 Å². The number of benzene rings is 1. The van der Waals surface area contributed by atoms with Crippen molar-refractivity contribution in [1.82, 2.24) is 9.97 Å². The average Bonchev–Trinajstić information content (AvgIpc) is 2.48. The van der Waals surface area contributed by atoms with Gasteiger partial charge in [0, 0.05) is 24.8 Å². The van der Waals surface area contributed by atoms with E-state index >= 15 is 0 Å². The van der Waals surface area contributed by atoms with E-state index in [4.69, 9.17) is 10.9 Å². The van der Waals surface area contributed by atoms with Crippen molar-refractivity contribution in [3.63, 3.8) is 0 Å². The van der Waals surface area contributed by atoms with Crippen molar-refractivity contribution in [1.29, 1.82) is 0 Å². The van der Waals surface area contributed by atoms with E-state index in [9.17, 15) is 4.39 Å². The molecule has 1 heterocycles. The Balaban J connectivity index is 2.29. The summed E-state index contributed by atoms with van der Waals surface area (Å²) in [4.78, 5) is 10.2. The highest BCUT2D eigenvalue weighted by atomic mass is 19.1. The first-order chi connectivity index (χ1) is 10.0. The average molecular weight is 289 g/mol. The van der Waals surface area contributed by atoms with Crippen LogP contribution in [0.1, 0.15) is 17.0 Å². The van der Waals surface area contributed by atoms with Gasteiger partial charge in [0.05, 0.1) is 0 Å². The molecular weight excluding hydrogens is 273 g/mol. The third-order valence-corrected chi connectivity index (χ3v) is 2.92. The Kier molecular flexibility index (Phi) is 4.32. The Bertz CT molecular complexity index is 674. The predicted octanol–water partition coefficient (Wildman–Crippen LogP) is 1.66. The number of nitrogens with two attached hydrogens (primary N) is 1. The number of hydrogen-bond donors (Lipinski definition) is 2. The molecule has 2 aromatic rings. The van der Waals surface area contributed by atoms with Crippen molar-refractivity contribution < 1.29 is 9.60 Å². The van der Waals surface area contributed by atoms with Crippen LogP contribution in [0.5, 0.6) is 0 Å². The number of anilines is 1. The Morgan fingerprint density at radius 2 is 2.10 bits per heavy atom. The van der Waals surface area contributed by atoms with E-state index in [0.29, 0.717) is 29.4 Å².